The van der Waals surface area contributed by atoms with Crippen LogP contribution in [0.25, 0.3) is 0 Å². The highest BCUT2D eigenvalue weighted by atomic mass is 16.6. The van der Waals surface area contributed by atoms with Gasteiger partial charge in [-0.3, -0.25) is 4.79 Å². The maximum absolute atomic E-state index is 13.5. The van der Waals surface area contributed by atoms with Crippen LogP contribution in [0.3, 0.4) is 0 Å². The zero-order chi connectivity index (χ0) is 21.8. The lowest BCUT2D eigenvalue weighted by molar-refractivity contribution is -0.240. The van der Waals surface area contributed by atoms with Crippen molar-refractivity contribution in [3.8, 4) is 5.75 Å². The van der Waals surface area contributed by atoms with Crippen LogP contribution in [0.5, 0.6) is 5.75 Å². The quantitative estimate of drug-likeness (QED) is 0.692. The Balaban J connectivity index is 1.71. The number of fused-ring (bicyclic) bond motifs is 3. The molecule has 1 amide bonds. The second-order valence-electron chi connectivity index (χ2n) is 9.95. The Kier molecular flexibility index (Phi) is 3.59. The normalized spacial score (nSPS) is 41.7. The van der Waals surface area contributed by atoms with Gasteiger partial charge in [-0.25, -0.2) is 4.79 Å². The number of piperidine rings is 2. The predicted molar refractivity (Wildman–Crippen MR) is 113 cm³/mol. The van der Waals surface area contributed by atoms with E-state index in [1.165, 1.54) is 12.7 Å². The van der Waals surface area contributed by atoms with Crippen molar-refractivity contribution in [2.24, 2.45) is 5.41 Å². The van der Waals surface area contributed by atoms with Gasteiger partial charge in [0.25, 0.3) is 0 Å². The molecule has 0 radical (unpaired) electrons. The van der Waals surface area contributed by atoms with Crippen molar-refractivity contribution in [2.45, 2.75) is 68.2 Å². The molecule has 5 atom stereocenters. The fourth-order valence-corrected chi connectivity index (χ4v) is 8.43. The second kappa shape index (κ2) is 5.74. The molecule has 2 spiro atoms. The third kappa shape index (κ3) is 1.74. The first kappa shape index (κ1) is 19.4. The van der Waals surface area contributed by atoms with E-state index in [9.17, 15) is 9.59 Å². The average molecular weight is 427 g/mol. The van der Waals surface area contributed by atoms with Crippen molar-refractivity contribution in [1.82, 2.24) is 4.90 Å². The van der Waals surface area contributed by atoms with Gasteiger partial charge < -0.3 is 24.0 Å². The Morgan fingerprint density at radius 3 is 2.81 bits per heavy atom. The highest BCUT2D eigenvalue weighted by molar-refractivity contribution is 5.89. The monoisotopic (exact) mass is 426 g/mol. The van der Waals surface area contributed by atoms with Crippen LogP contribution in [0, 0.1) is 5.41 Å². The molecule has 7 heteroatoms. The number of rotatable bonds is 3. The van der Waals surface area contributed by atoms with E-state index in [0.717, 1.165) is 37.1 Å². The van der Waals surface area contributed by atoms with Crippen molar-refractivity contribution in [3.05, 3.63) is 23.8 Å². The molecule has 5 aliphatic rings. The number of likely N-dealkylation sites (N-methyl/N-ethyl adjacent to an activating group) is 1. The van der Waals surface area contributed by atoms with Crippen LogP contribution in [0.15, 0.2) is 18.2 Å². The third-order valence-electron chi connectivity index (χ3n) is 9.27. The summed E-state index contributed by atoms with van der Waals surface area (Å²) in [6, 6.07) is 5.97. The molecule has 5 heterocycles. The van der Waals surface area contributed by atoms with E-state index >= 15 is 0 Å². The minimum absolute atomic E-state index is 0.147. The zero-order valence-corrected chi connectivity index (χ0v) is 18.7. The molecule has 2 bridgehead atoms. The highest BCUT2D eigenvalue weighted by Gasteiger charge is 2.90. The summed E-state index contributed by atoms with van der Waals surface area (Å²) >= 11 is 0. The summed E-state index contributed by atoms with van der Waals surface area (Å²) in [4.78, 5) is 31.0. The average Bonchev–Trinajstić information content (AvgIpc) is 3.35. The molecule has 4 fully saturated rings. The molecule has 5 aliphatic heterocycles. The molecular formula is C24H30N2O5. The highest BCUT2D eigenvalue weighted by Crippen LogP contribution is 2.78. The van der Waals surface area contributed by atoms with E-state index in [1.54, 1.807) is 7.11 Å². The van der Waals surface area contributed by atoms with Gasteiger partial charge >= 0.3 is 5.97 Å². The van der Waals surface area contributed by atoms with Gasteiger partial charge in [0.1, 0.15) is 5.75 Å². The summed E-state index contributed by atoms with van der Waals surface area (Å²) in [6.07, 6.45) is 4.49. The lowest BCUT2D eigenvalue weighted by atomic mass is 9.46. The first-order valence-electron chi connectivity index (χ1n) is 11.4. The van der Waals surface area contributed by atoms with Crippen molar-refractivity contribution >= 4 is 17.6 Å². The fourth-order valence-electron chi connectivity index (χ4n) is 8.43. The van der Waals surface area contributed by atoms with Crippen molar-refractivity contribution in [1.29, 1.82) is 0 Å². The Morgan fingerprint density at radius 1 is 1.29 bits per heavy atom. The van der Waals surface area contributed by atoms with E-state index in [0.29, 0.717) is 19.4 Å². The van der Waals surface area contributed by atoms with E-state index in [4.69, 9.17) is 14.2 Å². The van der Waals surface area contributed by atoms with E-state index < -0.39 is 16.7 Å². The summed E-state index contributed by atoms with van der Waals surface area (Å²) in [5, 5.41) is 0. The summed E-state index contributed by atoms with van der Waals surface area (Å²) in [5.41, 5.74) is -0.432. The second-order valence-corrected chi connectivity index (χ2v) is 9.95. The number of anilines is 1. The number of methoxy groups -OCH3 is 2. The van der Waals surface area contributed by atoms with Crippen LogP contribution in [0.1, 0.15) is 51.0 Å². The fraction of sp³-hybridized carbons (Fsp3) is 0.667. The van der Waals surface area contributed by atoms with Gasteiger partial charge in [-0.2, -0.15) is 0 Å². The molecule has 7 nitrogen and oxygen atoms in total. The molecule has 1 aromatic carbocycles. The van der Waals surface area contributed by atoms with Crippen molar-refractivity contribution in [2.75, 3.05) is 32.7 Å². The molecule has 0 aromatic heterocycles. The first-order chi connectivity index (χ1) is 14.9. The minimum Gasteiger partial charge on any atom is -0.497 e. The topological polar surface area (TPSA) is 68.3 Å². The Morgan fingerprint density at radius 2 is 2.10 bits per heavy atom. The number of benzene rings is 1. The maximum atomic E-state index is 13.5. The molecule has 0 saturated carbocycles. The maximum Gasteiger partial charge on any atom is 0.340 e. The van der Waals surface area contributed by atoms with Crippen LogP contribution in [-0.4, -0.2) is 62.0 Å². The molecule has 0 aliphatic carbocycles. The Hall–Kier alpha value is -2.28. The lowest BCUT2D eigenvalue weighted by Crippen LogP contribution is -2.77. The number of ether oxygens (including phenoxy) is 3. The molecule has 31 heavy (non-hydrogen) atoms. The van der Waals surface area contributed by atoms with Gasteiger partial charge in [-0.1, -0.05) is 13.0 Å². The number of hydrogen-bond acceptors (Lipinski definition) is 6. The van der Waals surface area contributed by atoms with Gasteiger partial charge in [-0.05, 0) is 43.7 Å². The SMILES string of the molecule is CC[C@]12CCC(=O)N3CCC[C@@]45c6ccc(OC)cc6N(C)[C@H]4[C@](C(=O)OC)(C1)O[C@]325. The van der Waals surface area contributed by atoms with Gasteiger partial charge in [-0.15, -0.1) is 0 Å². The van der Waals surface area contributed by atoms with Gasteiger partial charge in [0, 0.05) is 37.2 Å². The number of hydrogen-bond donors (Lipinski definition) is 0. The van der Waals surface area contributed by atoms with Gasteiger partial charge in [0.2, 0.25) is 5.91 Å². The molecule has 6 rings (SSSR count). The summed E-state index contributed by atoms with van der Waals surface area (Å²) in [6.45, 7) is 2.87. The largest absolute Gasteiger partial charge is 0.497 e. The molecule has 4 saturated heterocycles. The van der Waals surface area contributed by atoms with Gasteiger partial charge in [0.15, 0.2) is 11.3 Å². The van der Waals surface area contributed by atoms with Crippen LogP contribution >= 0.6 is 0 Å². The van der Waals surface area contributed by atoms with Crippen LogP contribution in [0.4, 0.5) is 5.69 Å². The Bertz CT molecular complexity index is 1010. The van der Waals surface area contributed by atoms with E-state index in [2.05, 4.69) is 24.0 Å². The summed E-state index contributed by atoms with van der Waals surface area (Å²) in [5.74, 6) is 0.616. The zero-order valence-electron chi connectivity index (χ0n) is 18.7. The summed E-state index contributed by atoms with van der Waals surface area (Å²) < 4.78 is 18.0. The molecule has 0 N–H and O–H groups in total. The smallest absolute Gasteiger partial charge is 0.340 e. The number of esters is 1. The molecule has 166 valence electrons. The van der Waals surface area contributed by atoms with Gasteiger partial charge in [0.05, 0.1) is 25.7 Å². The third-order valence-corrected chi connectivity index (χ3v) is 9.27. The van der Waals surface area contributed by atoms with Crippen molar-refractivity contribution < 1.29 is 23.8 Å². The molecular weight excluding hydrogens is 396 g/mol. The van der Waals surface area contributed by atoms with Crippen molar-refractivity contribution in [3.63, 3.8) is 0 Å². The summed E-state index contributed by atoms with van der Waals surface area (Å²) in [7, 11) is 5.16. The number of amides is 1. The van der Waals surface area contributed by atoms with Crippen LogP contribution < -0.4 is 9.64 Å². The first-order valence-corrected chi connectivity index (χ1v) is 11.4. The minimum atomic E-state index is -1.10. The molecule has 0 unspecified atom stereocenters. The number of carbonyl (C=O) groups is 2. The molecule has 1 aromatic rings. The standard InChI is InChI=1S/C24H30N2O5/c1-5-21-11-9-18(27)26-12-6-10-22-16-8-7-15(29-3)13-17(16)25(2)19(22)23(14-21,20(28)30-4)31-24(21,22)26/h7-8,13,19H,5-6,9-12,14H2,1-4H3/t19-,21+,22-,23+,24-/m1/s1. The van der Waals surface area contributed by atoms with E-state index in [1.807, 2.05) is 18.0 Å². The number of nitrogens with zero attached hydrogens (tertiary/aromatic N) is 2. The van der Waals surface area contributed by atoms with E-state index in [-0.39, 0.29) is 23.3 Å². The lowest BCUT2D eigenvalue weighted by Gasteiger charge is -2.64. The number of carbonyl (C=O) groups excluding carboxylic acids is 2. The van der Waals surface area contributed by atoms with Crippen LogP contribution in [-0.2, 0) is 24.5 Å². The predicted octanol–water partition coefficient (Wildman–Crippen LogP) is 2.61. The Labute approximate surface area is 182 Å². The van der Waals surface area contributed by atoms with Crippen LogP contribution in [0.2, 0.25) is 0 Å².